The van der Waals surface area contributed by atoms with Gasteiger partial charge >= 0.3 is 0 Å². The van der Waals surface area contributed by atoms with Crippen molar-refractivity contribution in [2.24, 2.45) is 0 Å². The average Bonchev–Trinajstić information content (AvgIpc) is 2.50. The van der Waals surface area contributed by atoms with Crippen molar-refractivity contribution in [1.82, 2.24) is 4.98 Å². The second-order valence-electron chi connectivity index (χ2n) is 5.40. The first kappa shape index (κ1) is 13.6. The lowest BCUT2D eigenvalue weighted by Gasteiger charge is -2.17. The summed E-state index contributed by atoms with van der Waals surface area (Å²) in [5, 5.41) is 12.4. The van der Waals surface area contributed by atoms with Crippen molar-refractivity contribution in [2.75, 3.05) is 5.32 Å². The highest BCUT2D eigenvalue weighted by Crippen LogP contribution is 2.26. The van der Waals surface area contributed by atoms with E-state index in [1.807, 2.05) is 6.07 Å². The maximum absolute atomic E-state index is 13.3. The molecule has 0 unspecified atom stereocenters. The number of fused-ring (bicyclic) bond motifs is 1. The number of aryl methyl sites for hydroxylation is 3. The van der Waals surface area contributed by atoms with Crippen LogP contribution in [0, 0.1) is 24.1 Å². The number of aromatic nitrogens is 1. The fourth-order valence-electron chi connectivity index (χ4n) is 2.67. The van der Waals surface area contributed by atoms with Gasteiger partial charge in [-0.1, -0.05) is 0 Å². The number of nitrogens with one attached hydrogen (secondary N) is 1. The van der Waals surface area contributed by atoms with Gasteiger partial charge in [-0.15, -0.1) is 0 Å². The molecule has 0 saturated heterocycles. The van der Waals surface area contributed by atoms with Crippen LogP contribution in [0.4, 0.5) is 15.9 Å². The maximum atomic E-state index is 13.3. The molecule has 1 aromatic heterocycles. The summed E-state index contributed by atoms with van der Waals surface area (Å²) in [4.78, 5) is 4.60. The smallest absolute Gasteiger partial charge is 0.148 e. The highest BCUT2D eigenvalue weighted by molar-refractivity contribution is 5.64. The lowest BCUT2D eigenvalue weighted by Crippen LogP contribution is -2.09. The third-order valence-electron chi connectivity index (χ3n) is 3.84. The molecule has 1 aromatic carbocycles. The van der Waals surface area contributed by atoms with Gasteiger partial charge in [0.05, 0.1) is 5.56 Å². The molecule has 1 N–H and O–H groups in total. The number of nitrogens with zero attached hydrogens (tertiary/aromatic N) is 2. The zero-order valence-electron chi connectivity index (χ0n) is 11.9. The van der Waals surface area contributed by atoms with Crippen molar-refractivity contribution >= 4 is 11.5 Å². The highest BCUT2D eigenvalue weighted by atomic mass is 19.1. The summed E-state index contributed by atoms with van der Waals surface area (Å²) < 4.78 is 13.3. The van der Waals surface area contributed by atoms with E-state index in [2.05, 4.69) is 16.4 Å². The summed E-state index contributed by atoms with van der Waals surface area (Å²) in [6.45, 7) is 1.71. The minimum Gasteiger partial charge on any atom is -0.339 e. The first-order chi connectivity index (χ1) is 10.2. The van der Waals surface area contributed by atoms with Crippen molar-refractivity contribution in [3.8, 4) is 6.07 Å². The van der Waals surface area contributed by atoms with Crippen molar-refractivity contribution in [2.45, 2.75) is 32.6 Å². The summed E-state index contributed by atoms with van der Waals surface area (Å²) in [6.07, 6.45) is 4.25. The van der Waals surface area contributed by atoms with Gasteiger partial charge in [-0.3, -0.25) is 0 Å². The van der Waals surface area contributed by atoms with Crippen LogP contribution in [0.3, 0.4) is 0 Å². The Morgan fingerprint density at radius 2 is 2.05 bits per heavy atom. The van der Waals surface area contributed by atoms with E-state index in [1.54, 1.807) is 19.1 Å². The van der Waals surface area contributed by atoms with Crippen molar-refractivity contribution in [1.29, 1.82) is 5.26 Å². The first-order valence-corrected chi connectivity index (χ1v) is 7.13. The Labute approximate surface area is 123 Å². The normalized spacial score (nSPS) is 13.4. The molecule has 0 aliphatic heterocycles. The van der Waals surface area contributed by atoms with Crippen LogP contribution >= 0.6 is 0 Å². The first-order valence-electron chi connectivity index (χ1n) is 7.13. The SMILES string of the molecule is Cc1cc(Nc2nc3c(cc2C#N)CCCC3)ccc1F. The molecule has 0 atom stereocenters. The quantitative estimate of drug-likeness (QED) is 0.904. The Morgan fingerprint density at radius 3 is 2.81 bits per heavy atom. The second kappa shape index (κ2) is 5.53. The molecule has 0 bridgehead atoms. The van der Waals surface area contributed by atoms with Crippen LogP contribution in [-0.4, -0.2) is 4.98 Å². The minimum atomic E-state index is -0.237. The molecule has 0 amide bonds. The van der Waals surface area contributed by atoms with Crippen molar-refractivity contribution < 1.29 is 4.39 Å². The number of anilines is 2. The number of nitriles is 1. The van der Waals surface area contributed by atoms with Crippen LogP contribution < -0.4 is 5.32 Å². The predicted molar refractivity (Wildman–Crippen MR) is 80.0 cm³/mol. The number of hydrogen-bond acceptors (Lipinski definition) is 3. The molecule has 4 heteroatoms. The topological polar surface area (TPSA) is 48.7 Å². The van der Waals surface area contributed by atoms with Gasteiger partial charge in [0, 0.05) is 11.4 Å². The molecule has 3 nitrogen and oxygen atoms in total. The van der Waals surface area contributed by atoms with E-state index in [1.165, 1.54) is 11.6 Å². The number of benzene rings is 1. The fourth-order valence-corrected chi connectivity index (χ4v) is 2.67. The van der Waals surface area contributed by atoms with Gasteiger partial charge in [-0.25, -0.2) is 9.37 Å². The fraction of sp³-hybridized carbons (Fsp3) is 0.294. The Bertz CT molecular complexity index is 732. The molecule has 2 aromatic rings. The number of rotatable bonds is 2. The van der Waals surface area contributed by atoms with E-state index in [-0.39, 0.29) is 5.82 Å². The molecule has 1 aliphatic rings. The lowest BCUT2D eigenvalue weighted by atomic mass is 9.95. The largest absolute Gasteiger partial charge is 0.339 e. The second-order valence-corrected chi connectivity index (χ2v) is 5.40. The van der Waals surface area contributed by atoms with Crippen molar-refractivity contribution in [3.05, 3.63) is 52.5 Å². The summed E-state index contributed by atoms with van der Waals surface area (Å²) in [5.41, 5.74) is 4.10. The maximum Gasteiger partial charge on any atom is 0.148 e. The molecule has 106 valence electrons. The Hall–Kier alpha value is -2.41. The predicted octanol–water partition coefficient (Wildman–Crippen LogP) is 4.02. The van der Waals surface area contributed by atoms with Gasteiger partial charge in [0.2, 0.25) is 0 Å². The van der Waals surface area contributed by atoms with Crippen LogP contribution in [-0.2, 0) is 12.8 Å². The third kappa shape index (κ3) is 2.73. The third-order valence-corrected chi connectivity index (χ3v) is 3.84. The van der Waals surface area contributed by atoms with Gasteiger partial charge in [-0.05, 0) is 68.0 Å². The van der Waals surface area contributed by atoms with Gasteiger partial charge in [-0.2, -0.15) is 5.26 Å². The van der Waals surface area contributed by atoms with Gasteiger partial charge in [0.1, 0.15) is 17.7 Å². The van der Waals surface area contributed by atoms with E-state index in [0.29, 0.717) is 16.9 Å². The summed E-state index contributed by atoms with van der Waals surface area (Å²) in [7, 11) is 0. The molecule has 21 heavy (non-hydrogen) atoms. The zero-order chi connectivity index (χ0) is 14.8. The Balaban J connectivity index is 1.97. The Morgan fingerprint density at radius 1 is 1.24 bits per heavy atom. The molecular formula is C17H16FN3. The van der Waals surface area contributed by atoms with E-state index >= 15 is 0 Å². The van der Waals surface area contributed by atoms with E-state index < -0.39 is 0 Å². The molecule has 0 radical (unpaired) electrons. The molecule has 1 heterocycles. The van der Waals surface area contributed by atoms with Crippen LogP contribution in [0.5, 0.6) is 0 Å². The van der Waals surface area contributed by atoms with E-state index in [9.17, 15) is 9.65 Å². The van der Waals surface area contributed by atoms with Crippen LogP contribution in [0.1, 0.15) is 35.2 Å². The lowest BCUT2D eigenvalue weighted by molar-refractivity contribution is 0.619. The van der Waals surface area contributed by atoms with Crippen molar-refractivity contribution in [3.63, 3.8) is 0 Å². The molecular weight excluding hydrogens is 265 g/mol. The number of halogens is 1. The summed E-state index contributed by atoms with van der Waals surface area (Å²) in [6, 6.07) is 8.92. The average molecular weight is 281 g/mol. The number of hydrogen-bond donors (Lipinski definition) is 1. The van der Waals surface area contributed by atoms with Gasteiger partial charge in [0.25, 0.3) is 0 Å². The monoisotopic (exact) mass is 281 g/mol. The van der Waals surface area contributed by atoms with Crippen LogP contribution in [0.15, 0.2) is 24.3 Å². The Kier molecular flexibility index (Phi) is 3.57. The van der Waals surface area contributed by atoms with Crippen LogP contribution in [0.25, 0.3) is 0 Å². The summed E-state index contributed by atoms with van der Waals surface area (Å²) in [5.74, 6) is 0.323. The molecule has 0 saturated carbocycles. The standard InChI is InChI=1S/C17H16FN3/c1-11-8-14(6-7-15(11)18)20-17-13(10-19)9-12-4-2-3-5-16(12)21-17/h6-9H,2-5H2,1H3,(H,20,21). The zero-order valence-corrected chi connectivity index (χ0v) is 11.9. The van der Waals surface area contributed by atoms with E-state index in [4.69, 9.17) is 0 Å². The van der Waals surface area contributed by atoms with Gasteiger partial charge < -0.3 is 5.32 Å². The van der Waals surface area contributed by atoms with Crippen LogP contribution in [0.2, 0.25) is 0 Å². The molecule has 3 rings (SSSR count). The molecule has 0 spiro atoms. The molecule has 0 fully saturated rings. The highest BCUT2D eigenvalue weighted by Gasteiger charge is 2.15. The molecule has 1 aliphatic carbocycles. The number of pyridine rings is 1. The summed E-state index contributed by atoms with van der Waals surface area (Å²) >= 11 is 0. The van der Waals surface area contributed by atoms with Gasteiger partial charge in [0.15, 0.2) is 0 Å². The van der Waals surface area contributed by atoms with E-state index in [0.717, 1.165) is 37.1 Å². The minimum absolute atomic E-state index is 0.237.